The zero-order valence-electron chi connectivity index (χ0n) is 11.0. The van der Waals surface area contributed by atoms with E-state index in [0.717, 1.165) is 5.57 Å². The van der Waals surface area contributed by atoms with Gasteiger partial charge in [-0.1, -0.05) is 17.7 Å². The molecule has 17 heavy (non-hydrogen) atoms. The number of hydrogen-bond donors (Lipinski definition) is 1. The highest BCUT2D eigenvalue weighted by Crippen LogP contribution is 2.50. The third-order valence-electron chi connectivity index (χ3n) is 3.68. The number of nitrogens with two attached hydrogens (primary N) is 1. The molecule has 0 spiro atoms. The molecule has 4 heteroatoms. The van der Waals surface area contributed by atoms with Gasteiger partial charge in [-0.15, -0.1) is 0 Å². The number of methoxy groups -OCH3 is 1. The van der Waals surface area contributed by atoms with Gasteiger partial charge in [-0.3, -0.25) is 9.89 Å². The highest BCUT2D eigenvalue weighted by molar-refractivity contribution is 5.78. The third-order valence-corrected chi connectivity index (χ3v) is 3.68. The molecule has 0 aromatic carbocycles. The summed E-state index contributed by atoms with van der Waals surface area (Å²) in [6.07, 6.45) is 6.09. The average molecular weight is 235 g/mol. The lowest BCUT2D eigenvalue weighted by atomic mass is 10.1. The van der Waals surface area contributed by atoms with E-state index in [1.807, 2.05) is 20.2 Å². The zero-order valence-corrected chi connectivity index (χ0v) is 11.0. The van der Waals surface area contributed by atoms with Gasteiger partial charge in [0, 0.05) is 19.2 Å². The molecule has 94 valence electrons. The fourth-order valence-electron chi connectivity index (χ4n) is 2.63. The van der Waals surface area contributed by atoms with Crippen molar-refractivity contribution in [3.63, 3.8) is 0 Å². The Kier molecular flexibility index (Phi) is 3.21. The standard InChI is InChI=1S/C13H21N3O/c1-9-5-6-10(2)11-12(13(11,14)17-4)16(3)8-15-7-9/h5-7,11-12H,8,14H2,1-4H3/b9-5+,10-6+,15-7?. The summed E-state index contributed by atoms with van der Waals surface area (Å²) in [7, 11) is 3.72. The Bertz CT molecular complexity index is 399. The molecular formula is C13H21N3O. The molecule has 1 heterocycles. The Morgan fingerprint density at radius 2 is 2.18 bits per heavy atom. The van der Waals surface area contributed by atoms with Crippen molar-refractivity contribution in [1.82, 2.24) is 4.90 Å². The van der Waals surface area contributed by atoms with Crippen LogP contribution in [-0.2, 0) is 4.74 Å². The molecule has 0 amide bonds. The van der Waals surface area contributed by atoms with Crippen LogP contribution >= 0.6 is 0 Å². The summed E-state index contributed by atoms with van der Waals surface area (Å²) in [6.45, 7) is 4.81. The van der Waals surface area contributed by atoms with E-state index in [-0.39, 0.29) is 12.0 Å². The molecule has 1 saturated carbocycles. The molecule has 2 N–H and O–H groups in total. The lowest BCUT2D eigenvalue weighted by Gasteiger charge is -2.16. The Balaban J connectivity index is 2.33. The van der Waals surface area contributed by atoms with Crippen LogP contribution in [0.3, 0.4) is 0 Å². The van der Waals surface area contributed by atoms with E-state index in [0.29, 0.717) is 6.67 Å². The van der Waals surface area contributed by atoms with Gasteiger partial charge in [-0.05, 0) is 26.5 Å². The van der Waals surface area contributed by atoms with Gasteiger partial charge in [0.15, 0.2) is 0 Å². The minimum absolute atomic E-state index is 0.215. The molecule has 1 aliphatic carbocycles. The van der Waals surface area contributed by atoms with Crippen LogP contribution in [0.4, 0.5) is 0 Å². The third kappa shape index (κ3) is 2.08. The molecule has 1 aliphatic heterocycles. The van der Waals surface area contributed by atoms with E-state index < -0.39 is 5.72 Å². The van der Waals surface area contributed by atoms with Crippen molar-refractivity contribution in [3.05, 3.63) is 23.3 Å². The van der Waals surface area contributed by atoms with Crippen molar-refractivity contribution >= 4 is 6.21 Å². The van der Waals surface area contributed by atoms with Crippen LogP contribution < -0.4 is 5.73 Å². The summed E-state index contributed by atoms with van der Waals surface area (Å²) in [5, 5.41) is 0. The summed E-state index contributed by atoms with van der Waals surface area (Å²) in [5.74, 6) is 0.259. The Hall–Kier alpha value is -0.970. The van der Waals surface area contributed by atoms with E-state index in [2.05, 4.69) is 29.0 Å². The molecule has 4 nitrogen and oxygen atoms in total. The first-order chi connectivity index (χ1) is 8.00. The van der Waals surface area contributed by atoms with Gasteiger partial charge in [0.2, 0.25) is 0 Å². The van der Waals surface area contributed by atoms with Crippen LogP contribution in [0, 0.1) is 5.92 Å². The van der Waals surface area contributed by atoms with Crippen LogP contribution in [0.2, 0.25) is 0 Å². The fourth-order valence-corrected chi connectivity index (χ4v) is 2.63. The first-order valence-corrected chi connectivity index (χ1v) is 5.90. The topological polar surface area (TPSA) is 50.9 Å². The maximum atomic E-state index is 6.27. The van der Waals surface area contributed by atoms with Gasteiger partial charge >= 0.3 is 0 Å². The first-order valence-electron chi connectivity index (χ1n) is 5.90. The van der Waals surface area contributed by atoms with Crippen LogP contribution in [0.1, 0.15) is 13.8 Å². The number of fused-ring (bicyclic) bond motifs is 1. The van der Waals surface area contributed by atoms with Gasteiger partial charge in [0.05, 0.1) is 12.7 Å². The van der Waals surface area contributed by atoms with Crippen molar-refractivity contribution in [3.8, 4) is 0 Å². The monoisotopic (exact) mass is 235 g/mol. The van der Waals surface area contributed by atoms with E-state index in [1.165, 1.54) is 5.57 Å². The summed E-state index contributed by atoms with van der Waals surface area (Å²) in [6, 6.07) is 0.215. The zero-order chi connectivity index (χ0) is 12.6. The quantitative estimate of drug-likeness (QED) is 0.694. The minimum atomic E-state index is -0.559. The van der Waals surface area contributed by atoms with Crippen molar-refractivity contribution in [2.45, 2.75) is 25.6 Å². The SMILES string of the molecule is COC1(N)C2/C(C)=C/C=C(\C)C=NCN(C)C21. The first kappa shape index (κ1) is 12.5. The molecule has 3 unspecified atom stereocenters. The Morgan fingerprint density at radius 1 is 1.47 bits per heavy atom. The number of ether oxygens (including phenoxy) is 1. The normalized spacial score (nSPS) is 44.3. The predicted octanol–water partition coefficient (Wildman–Crippen LogP) is 1.15. The molecule has 0 aromatic heterocycles. The second-order valence-corrected chi connectivity index (χ2v) is 5.01. The van der Waals surface area contributed by atoms with E-state index in [1.54, 1.807) is 7.11 Å². The molecule has 0 saturated heterocycles. The summed E-state index contributed by atoms with van der Waals surface area (Å²) >= 11 is 0. The van der Waals surface area contributed by atoms with Crippen LogP contribution in [0.5, 0.6) is 0 Å². The van der Waals surface area contributed by atoms with Crippen molar-refractivity contribution in [2.24, 2.45) is 16.6 Å². The number of rotatable bonds is 1. The highest BCUT2D eigenvalue weighted by atomic mass is 16.5. The number of aliphatic imine (C=N–C) groups is 1. The van der Waals surface area contributed by atoms with E-state index in [9.17, 15) is 0 Å². The van der Waals surface area contributed by atoms with Crippen molar-refractivity contribution in [1.29, 1.82) is 0 Å². The van der Waals surface area contributed by atoms with Crippen LogP contribution in [-0.4, -0.2) is 43.7 Å². The van der Waals surface area contributed by atoms with Gasteiger partial charge in [0.25, 0.3) is 0 Å². The highest BCUT2D eigenvalue weighted by Gasteiger charge is 2.65. The lowest BCUT2D eigenvalue weighted by Crippen LogP contribution is -2.37. The average Bonchev–Trinajstić information content (AvgIpc) is 2.93. The predicted molar refractivity (Wildman–Crippen MR) is 69.8 cm³/mol. The molecular weight excluding hydrogens is 214 g/mol. The summed E-state index contributed by atoms with van der Waals surface area (Å²) in [5.41, 5.74) is 8.13. The number of nitrogens with zero attached hydrogens (tertiary/aromatic N) is 2. The molecule has 2 aliphatic rings. The molecule has 0 bridgehead atoms. The van der Waals surface area contributed by atoms with Gasteiger partial charge < -0.3 is 10.5 Å². The lowest BCUT2D eigenvalue weighted by molar-refractivity contribution is 0.0538. The van der Waals surface area contributed by atoms with Gasteiger partial charge in [-0.25, -0.2) is 0 Å². The number of likely N-dealkylation sites (N-methyl/N-ethyl adjacent to an activating group) is 1. The van der Waals surface area contributed by atoms with Gasteiger partial charge in [-0.2, -0.15) is 0 Å². The van der Waals surface area contributed by atoms with Crippen LogP contribution in [0.25, 0.3) is 0 Å². The van der Waals surface area contributed by atoms with Crippen molar-refractivity contribution in [2.75, 3.05) is 20.8 Å². The van der Waals surface area contributed by atoms with Gasteiger partial charge in [0.1, 0.15) is 5.72 Å². The Labute approximate surface area is 103 Å². The minimum Gasteiger partial charge on any atom is -0.362 e. The second-order valence-electron chi connectivity index (χ2n) is 5.01. The maximum Gasteiger partial charge on any atom is 0.141 e. The fraction of sp³-hybridized carbons (Fsp3) is 0.615. The number of allylic oxidation sites excluding steroid dienone is 3. The van der Waals surface area contributed by atoms with Crippen molar-refractivity contribution < 1.29 is 4.74 Å². The smallest absolute Gasteiger partial charge is 0.141 e. The molecule has 1 fully saturated rings. The largest absolute Gasteiger partial charge is 0.362 e. The number of hydrogen-bond acceptors (Lipinski definition) is 4. The Morgan fingerprint density at radius 3 is 2.82 bits per heavy atom. The summed E-state index contributed by atoms with van der Waals surface area (Å²) < 4.78 is 5.48. The summed E-state index contributed by atoms with van der Waals surface area (Å²) in [4.78, 5) is 6.54. The van der Waals surface area contributed by atoms with E-state index >= 15 is 0 Å². The van der Waals surface area contributed by atoms with E-state index in [4.69, 9.17) is 10.5 Å². The second kappa shape index (κ2) is 4.37. The molecule has 2 rings (SSSR count). The molecule has 3 atom stereocenters. The molecule has 0 radical (unpaired) electrons. The molecule has 0 aromatic rings. The van der Waals surface area contributed by atoms with Crippen LogP contribution in [0.15, 0.2) is 28.3 Å². The maximum absolute atomic E-state index is 6.27.